The number of benzene rings is 1. The Bertz CT molecular complexity index is 665. The number of esters is 1. The van der Waals surface area contributed by atoms with Crippen molar-refractivity contribution in [2.45, 2.75) is 32.7 Å². The van der Waals surface area contributed by atoms with Crippen molar-refractivity contribution in [2.75, 3.05) is 19.7 Å². The Morgan fingerprint density at radius 1 is 1.08 bits per heavy atom. The van der Waals surface area contributed by atoms with Crippen molar-refractivity contribution in [1.82, 2.24) is 9.88 Å². The van der Waals surface area contributed by atoms with Crippen molar-refractivity contribution in [2.24, 2.45) is 5.41 Å². The van der Waals surface area contributed by atoms with Crippen LogP contribution in [0.15, 0.2) is 54.9 Å². The largest absolute Gasteiger partial charge is 0.466 e. The van der Waals surface area contributed by atoms with Crippen LogP contribution in [0.5, 0.6) is 0 Å². The summed E-state index contributed by atoms with van der Waals surface area (Å²) in [6.07, 6.45) is 6.10. The first-order valence-corrected chi connectivity index (χ1v) is 9.04. The number of rotatable bonds is 6. The van der Waals surface area contributed by atoms with Crippen LogP contribution < -0.4 is 0 Å². The van der Waals surface area contributed by atoms with E-state index in [4.69, 9.17) is 4.74 Å². The van der Waals surface area contributed by atoms with Crippen LogP contribution in [-0.2, 0) is 22.5 Å². The molecule has 1 saturated heterocycles. The third-order valence-corrected chi connectivity index (χ3v) is 5.06. The topological polar surface area (TPSA) is 42.4 Å². The highest BCUT2D eigenvalue weighted by Gasteiger charge is 2.42. The molecule has 0 radical (unpaired) electrons. The zero-order chi connectivity index (χ0) is 17.5. The van der Waals surface area contributed by atoms with Crippen LogP contribution in [0, 0.1) is 5.41 Å². The fourth-order valence-corrected chi connectivity index (χ4v) is 3.61. The van der Waals surface area contributed by atoms with Gasteiger partial charge in [0.1, 0.15) is 0 Å². The molecule has 0 atom stereocenters. The molecule has 1 aromatic carbocycles. The number of nitrogens with zero attached hydrogens (tertiary/aromatic N) is 2. The molecule has 2 aromatic rings. The quantitative estimate of drug-likeness (QED) is 0.757. The molecule has 0 N–H and O–H groups in total. The molecule has 0 saturated carbocycles. The van der Waals surface area contributed by atoms with Crippen LogP contribution >= 0.6 is 0 Å². The van der Waals surface area contributed by atoms with Gasteiger partial charge in [-0.05, 0) is 62.5 Å². The maximum absolute atomic E-state index is 12.7. The van der Waals surface area contributed by atoms with Gasteiger partial charge < -0.3 is 4.74 Å². The molecule has 0 bridgehead atoms. The molecule has 1 aromatic heterocycles. The maximum atomic E-state index is 12.7. The first-order chi connectivity index (χ1) is 12.2. The van der Waals surface area contributed by atoms with Crippen LogP contribution in [-0.4, -0.2) is 35.5 Å². The van der Waals surface area contributed by atoms with E-state index in [1.54, 1.807) is 0 Å². The molecule has 4 heteroatoms. The van der Waals surface area contributed by atoms with Crippen molar-refractivity contribution < 1.29 is 9.53 Å². The van der Waals surface area contributed by atoms with Crippen LogP contribution in [0.2, 0.25) is 0 Å². The summed E-state index contributed by atoms with van der Waals surface area (Å²) in [5, 5.41) is 0. The first-order valence-electron chi connectivity index (χ1n) is 9.04. The smallest absolute Gasteiger partial charge is 0.312 e. The average molecular weight is 338 g/mol. The lowest BCUT2D eigenvalue weighted by atomic mass is 9.73. The summed E-state index contributed by atoms with van der Waals surface area (Å²) in [6, 6.07) is 14.4. The lowest BCUT2D eigenvalue weighted by Gasteiger charge is -2.40. The molecule has 2 heterocycles. The van der Waals surface area contributed by atoms with Gasteiger partial charge in [0.05, 0.1) is 12.0 Å². The Hall–Kier alpha value is -2.20. The van der Waals surface area contributed by atoms with Crippen LogP contribution in [0.3, 0.4) is 0 Å². The van der Waals surface area contributed by atoms with E-state index in [1.807, 2.05) is 37.5 Å². The summed E-state index contributed by atoms with van der Waals surface area (Å²) in [4.78, 5) is 19.2. The molecule has 0 spiro atoms. The van der Waals surface area contributed by atoms with E-state index < -0.39 is 5.41 Å². The van der Waals surface area contributed by atoms with Gasteiger partial charge >= 0.3 is 5.97 Å². The van der Waals surface area contributed by atoms with Crippen molar-refractivity contribution in [3.05, 3.63) is 66.0 Å². The van der Waals surface area contributed by atoms with Gasteiger partial charge in [0.25, 0.3) is 0 Å². The number of hydrogen-bond donors (Lipinski definition) is 0. The number of likely N-dealkylation sites (tertiary alicyclic amines) is 1. The van der Waals surface area contributed by atoms with Crippen molar-refractivity contribution in [1.29, 1.82) is 0 Å². The molecule has 25 heavy (non-hydrogen) atoms. The standard InChI is InChI=1S/C21H26N2O2/c1-2-25-20(24)21(16-18-6-4-3-5-7-18)10-14-23(15-11-21)17-19-8-12-22-13-9-19/h3-9,12-13H,2,10-11,14-17H2,1H3. The summed E-state index contributed by atoms with van der Waals surface area (Å²) >= 11 is 0. The number of hydrogen-bond acceptors (Lipinski definition) is 4. The first kappa shape index (κ1) is 17.6. The van der Waals surface area contributed by atoms with Gasteiger partial charge in [0.15, 0.2) is 0 Å². The Morgan fingerprint density at radius 3 is 2.40 bits per heavy atom. The van der Waals surface area contributed by atoms with Gasteiger partial charge in [-0.1, -0.05) is 30.3 Å². The van der Waals surface area contributed by atoms with Crippen molar-refractivity contribution in [3.63, 3.8) is 0 Å². The van der Waals surface area contributed by atoms with E-state index in [-0.39, 0.29) is 5.97 Å². The number of ether oxygens (including phenoxy) is 1. The molecule has 132 valence electrons. The second kappa shape index (κ2) is 8.26. The van der Waals surface area contributed by atoms with E-state index in [0.29, 0.717) is 6.61 Å². The fourth-order valence-electron chi connectivity index (χ4n) is 3.61. The van der Waals surface area contributed by atoms with Crippen molar-refractivity contribution >= 4 is 5.97 Å². The lowest BCUT2D eigenvalue weighted by Crippen LogP contribution is -2.46. The van der Waals surface area contributed by atoms with Crippen molar-refractivity contribution in [3.8, 4) is 0 Å². The van der Waals surface area contributed by atoms with Gasteiger partial charge in [0, 0.05) is 18.9 Å². The van der Waals surface area contributed by atoms with Gasteiger partial charge in [-0.3, -0.25) is 14.7 Å². The number of aromatic nitrogens is 1. The zero-order valence-corrected chi connectivity index (χ0v) is 14.9. The summed E-state index contributed by atoms with van der Waals surface area (Å²) in [7, 11) is 0. The predicted molar refractivity (Wildman–Crippen MR) is 98.0 cm³/mol. The lowest BCUT2D eigenvalue weighted by molar-refractivity contribution is -0.158. The normalized spacial score (nSPS) is 17.2. The molecule has 1 aliphatic rings. The summed E-state index contributed by atoms with van der Waals surface area (Å²) in [5.41, 5.74) is 2.08. The molecule has 1 fully saturated rings. The number of piperidine rings is 1. The minimum absolute atomic E-state index is 0.0394. The maximum Gasteiger partial charge on any atom is 0.312 e. The highest BCUT2D eigenvalue weighted by Crippen LogP contribution is 2.37. The number of pyridine rings is 1. The predicted octanol–water partition coefficient (Wildman–Crippen LogP) is 3.47. The van der Waals surface area contributed by atoms with E-state index in [0.717, 1.165) is 38.9 Å². The molecule has 4 nitrogen and oxygen atoms in total. The highest BCUT2D eigenvalue weighted by atomic mass is 16.5. The second-order valence-corrected chi connectivity index (χ2v) is 6.79. The average Bonchev–Trinajstić information content (AvgIpc) is 2.65. The van der Waals surface area contributed by atoms with E-state index in [2.05, 4.69) is 34.1 Å². The Kier molecular flexibility index (Phi) is 5.82. The van der Waals surface area contributed by atoms with Gasteiger partial charge in [-0.2, -0.15) is 0 Å². The fraction of sp³-hybridized carbons (Fsp3) is 0.429. The summed E-state index contributed by atoms with van der Waals surface area (Å²) < 4.78 is 5.44. The minimum Gasteiger partial charge on any atom is -0.466 e. The Labute approximate surface area is 149 Å². The number of carbonyl (C=O) groups is 1. The van der Waals surface area contributed by atoms with E-state index in [9.17, 15) is 4.79 Å². The van der Waals surface area contributed by atoms with Gasteiger partial charge in [0.2, 0.25) is 0 Å². The zero-order valence-electron chi connectivity index (χ0n) is 14.9. The number of carbonyl (C=O) groups excluding carboxylic acids is 1. The monoisotopic (exact) mass is 338 g/mol. The third kappa shape index (κ3) is 4.45. The van der Waals surface area contributed by atoms with Crippen LogP contribution in [0.25, 0.3) is 0 Å². The molecular formula is C21H26N2O2. The highest BCUT2D eigenvalue weighted by molar-refractivity contribution is 5.77. The minimum atomic E-state index is -0.397. The Morgan fingerprint density at radius 2 is 1.76 bits per heavy atom. The Balaban J connectivity index is 1.69. The molecule has 0 amide bonds. The molecule has 0 aliphatic carbocycles. The van der Waals surface area contributed by atoms with Gasteiger partial charge in [-0.15, -0.1) is 0 Å². The molecule has 1 aliphatic heterocycles. The van der Waals surface area contributed by atoms with Crippen LogP contribution in [0.4, 0.5) is 0 Å². The summed E-state index contributed by atoms with van der Waals surface area (Å²) in [5.74, 6) is -0.0394. The van der Waals surface area contributed by atoms with Crippen LogP contribution in [0.1, 0.15) is 30.9 Å². The molecule has 3 rings (SSSR count). The third-order valence-electron chi connectivity index (χ3n) is 5.06. The van der Waals surface area contributed by atoms with E-state index >= 15 is 0 Å². The summed E-state index contributed by atoms with van der Waals surface area (Å²) in [6.45, 7) is 5.05. The molecule has 0 unspecified atom stereocenters. The SMILES string of the molecule is CCOC(=O)C1(Cc2ccccc2)CCN(Cc2ccncc2)CC1. The van der Waals surface area contributed by atoms with Gasteiger partial charge in [-0.25, -0.2) is 0 Å². The molecular weight excluding hydrogens is 312 g/mol. The van der Waals surface area contributed by atoms with E-state index in [1.165, 1.54) is 11.1 Å². The second-order valence-electron chi connectivity index (χ2n) is 6.79.